The van der Waals surface area contributed by atoms with Crippen LogP contribution < -0.4 is 4.72 Å². The molecule has 5 heteroatoms. The lowest BCUT2D eigenvalue weighted by molar-refractivity contribution is 0.245. The molecule has 0 aliphatic carbocycles. The Morgan fingerprint density at radius 3 is 2.39 bits per heavy atom. The number of rotatable bonds is 5. The van der Waals surface area contributed by atoms with Gasteiger partial charge in [-0.1, -0.05) is 17.7 Å². The third-order valence-corrected chi connectivity index (χ3v) is 4.63. The third kappa shape index (κ3) is 3.80. The number of aliphatic hydroxyl groups is 1. The smallest absolute Gasteiger partial charge is 0.241 e. The summed E-state index contributed by atoms with van der Waals surface area (Å²) in [6, 6.07) is 5.23. The summed E-state index contributed by atoms with van der Waals surface area (Å²) >= 11 is 0. The number of nitrogens with one attached hydrogen (secondary N) is 1. The fraction of sp³-hybridized carbons (Fsp3) is 0.538. The summed E-state index contributed by atoms with van der Waals surface area (Å²) in [5.74, 6) is 0. The molecule has 0 bridgehead atoms. The van der Waals surface area contributed by atoms with Crippen LogP contribution in [-0.4, -0.2) is 25.7 Å². The summed E-state index contributed by atoms with van der Waals surface area (Å²) in [5, 5.41) is 8.93. The molecule has 1 aromatic rings. The van der Waals surface area contributed by atoms with E-state index >= 15 is 0 Å². The Bertz CT molecular complexity index is 521. The highest BCUT2D eigenvalue weighted by molar-refractivity contribution is 7.89. The minimum atomic E-state index is -3.55. The van der Waals surface area contributed by atoms with Crippen LogP contribution in [0.1, 0.15) is 31.4 Å². The average molecular weight is 271 g/mol. The number of hydrogen-bond donors (Lipinski definition) is 2. The third-order valence-electron chi connectivity index (χ3n) is 2.77. The first-order chi connectivity index (χ1) is 8.18. The van der Waals surface area contributed by atoms with E-state index in [4.69, 9.17) is 5.11 Å². The van der Waals surface area contributed by atoms with Crippen molar-refractivity contribution in [1.82, 2.24) is 4.72 Å². The second-order valence-electron chi connectivity index (χ2n) is 5.23. The van der Waals surface area contributed by atoms with Crippen LogP contribution in [0.3, 0.4) is 0 Å². The van der Waals surface area contributed by atoms with Crippen LogP contribution in [0, 0.1) is 13.8 Å². The molecule has 0 amide bonds. The molecule has 0 heterocycles. The molecule has 4 nitrogen and oxygen atoms in total. The first-order valence-electron chi connectivity index (χ1n) is 5.90. The Hall–Kier alpha value is -0.910. The molecule has 0 radical (unpaired) electrons. The molecule has 0 saturated carbocycles. The molecule has 0 aromatic heterocycles. The van der Waals surface area contributed by atoms with Crippen molar-refractivity contribution >= 4 is 10.0 Å². The van der Waals surface area contributed by atoms with E-state index in [0.29, 0.717) is 11.3 Å². The van der Waals surface area contributed by atoms with Crippen LogP contribution in [0.15, 0.2) is 23.1 Å². The molecule has 2 N–H and O–H groups in total. The van der Waals surface area contributed by atoms with Gasteiger partial charge in [0.1, 0.15) is 0 Å². The Kier molecular flexibility index (Phi) is 4.53. The molecule has 0 saturated heterocycles. The van der Waals surface area contributed by atoms with Crippen molar-refractivity contribution in [2.75, 3.05) is 6.61 Å². The molecule has 0 aliphatic rings. The standard InChI is InChI=1S/C13H21NO3S/c1-10-5-6-12(11(2)9-10)18(16,17)14-13(3,4)7-8-15/h5-6,9,14-15H,7-8H2,1-4H3. The zero-order chi connectivity index (χ0) is 14.0. The minimum Gasteiger partial charge on any atom is -0.396 e. The maximum absolute atomic E-state index is 12.3. The highest BCUT2D eigenvalue weighted by Gasteiger charge is 2.26. The fourth-order valence-corrected chi connectivity index (χ4v) is 3.52. The summed E-state index contributed by atoms with van der Waals surface area (Å²) in [5.41, 5.74) is 1.09. The van der Waals surface area contributed by atoms with Crippen molar-refractivity contribution in [3.8, 4) is 0 Å². The Labute approximate surface area is 109 Å². The van der Waals surface area contributed by atoms with Gasteiger partial charge in [0.05, 0.1) is 4.90 Å². The van der Waals surface area contributed by atoms with Crippen LogP contribution in [0.25, 0.3) is 0 Å². The Morgan fingerprint density at radius 1 is 1.28 bits per heavy atom. The van der Waals surface area contributed by atoms with Crippen molar-refractivity contribution in [3.05, 3.63) is 29.3 Å². The predicted molar refractivity (Wildman–Crippen MR) is 72.0 cm³/mol. The SMILES string of the molecule is Cc1ccc(S(=O)(=O)NC(C)(C)CCO)c(C)c1. The van der Waals surface area contributed by atoms with Crippen molar-refractivity contribution < 1.29 is 13.5 Å². The molecule has 0 unspecified atom stereocenters. The maximum atomic E-state index is 12.3. The lowest BCUT2D eigenvalue weighted by atomic mass is 10.0. The van der Waals surface area contributed by atoms with Gasteiger partial charge in [0, 0.05) is 12.1 Å². The van der Waals surface area contributed by atoms with Gasteiger partial charge in [0.15, 0.2) is 0 Å². The van der Waals surface area contributed by atoms with E-state index in [1.54, 1.807) is 32.9 Å². The molecule has 18 heavy (non-hydrogen) atoms. The largest absolute Gasteiger partial charge is 0.396 e. The molecule has 0 aliphatic heterocycles. The van der Waals surface area contributed by atoms with Gasteiger partial charge in [-0.2, -0.15) is 0 Å². The number of sulfonamides is 1. The fourth-order valence-electron chi connectivity index (χ4n) is 1.85. The molecule has 1 rings (SSSR count). The van der Waals surface area contributed by atoms with Crippen molar-refractivity contribution in [2.45, 2.75) is 44.6 Å². The van der Waals surface area contributed by atoms with Gasteiger partial charge < -0.3 is 5.11 Å². The summed E-state index contributed by atoms with van der Waals surface area (Å²) in [6.07, 6.45) is 0.372. The summed E-state index contributed by atoms with van der Waals surface area (Å²) < 4.78 is 27.1. The molecule has 0 fully saturated rings. The molecular weight excluding hydrogens is 250 g/mol. The second-order valence-corrected chi connectivity index (χ2v) is 6.88. The van der Waals surface area contributed by atoms with E-state index < -0.39 is 15.6 Å². The topological polar surface area (TPSA) is 66.4 Å². The lowest BCUT2D eigenvalue weighted by Crippen LogP contribution is -2.44. The summed E-state index contributed by atoms with van der Waals surface area (Å²) in [7, 11) is -3.55. The number of benzene rings is 1. The first-order valence-corrected chi connectivity index (χ1v) is 7.38. The summed E-state index contributed by atoms with van der Waals surface area (Å²) in [6.45, 7) is 7.16. The van der Waals surface area contributed by atoms with E-state index in [1.165, 1.54) is 0 Å². The molecule has 102 valence electrons. The first kappa shape index (κ1) is 15.1. The van der Waals surface area contributed by atoms with Crippen LogP contribution in [0.4, 0.5) is 0 Å². The number of aliphatic hydroxyl groups excluding tert-OH is 1. The molecule has 0 spiro atoms. The molecular formula is C13H21NO3S. The predicted octanol–water partition coefficient (Wildman–Crippen LogP) is 1.74. The van der Waals surface area contributed by atoms with E-state index in [-0.39, 0.29) is 6.61 Å². The number of aryl methyl sites for hydroxylation is 2. The van der Waals surface area contributed by atoms with Crippen molar-refractivity contribution in [1.29, 1.82) is 0 Å². The monoisotopic (exact) mass is 271 g/mol. The van der Waals surface area contributed by atoms with Gasteiger partial charge in [0.25, 0.3) is 0 Å². The second kappa shape index (κ2) is 5.38. The van der Waals surface area contributed by atoms with Gasteiger partial charge in [-0.25, -0.2) is 13.1 Å². The van der Waals surface area contributed by atoms with Crippen LogP contribution in [0.5, 0.6) is 0 Å². The quantitative estimate of drug-likeness (QED) is 0.857. The summed E-state index contributed by atoms with van der Waals surface area (Å²) in [4.78, 5) is 0.291. The maximum Gasteiger partial charge on any atom is 0.241 e. The highest BCUT2D eigenvalue weighted by Crippen LogP contribution is 2.19. The van der Waals surface area contributed by atoms with Crippen LogP contribution in [-0.2, 0) is 10.0 Å². The zero-order valence-electron chi connectivity index (χ0n) is 11.3. The zero-order valence-corrected chi connectivity index (χ0v) is 12.1. The van der Waals surface area contributed by atoms with Gasteiger partial charge in [0.2, 0.25) is 10.0 Å². The minimum absolute atomic E-state index is 0.0532. The van der Waals surface area contributed by atoms with E-state index in [1.807, 2.05) is 13.0 Å². The van der Waals surface area contributed by atoms with E-state index in [0.717, 1.165) is 11.1 Å². The van der Waals surface area contributed by atoms with Crippen molar-refractivity contribution in [2.24, 2.45) is 0 Å². The van der Waals surface area contributed by atoms with Crippen LogP contribution >= 0.6 is 0 Å². The van der Waals surface area contributed by atoms with Gasteiger partial charge in [-0.15, -0.1) is 0 Å². The van der Waals surface area contributed by atoms with E-state index in [2.05, 4.69) is 4.72 Å². The lowest BCUT2D eigenvalue weighted by Gasteiger charge is -2.25. The van der Waals surface area contributed by atoms with Gasteiger partial charge in [-0.3, -0.25) is 0 Å². The van der Waals surface area contributed by atoms with Gasteiger partial charge >= 0.3 is 0 Å². The van der Waals surface area contributed by atoms with Gasteiger partial charge in [-0.05, 0) is 45.7 Å². The van der Waals surface area contributed by atoms with Crippen LogP contribution in [0.2, 0.25) is 0 Å². The average Bonchev–Trinajstić information content (AvgIpc) is 2.14. The van der Waals surface area contributed by atoms with Crippen molar-refractivity contribution in [3.63, 3.8) is 0 Å². The Balaban J connectivity index is 3.07. The molecule has 0 atom stereocenters. The highest BCUT2D eigenvalue weighted by atomic mass is 32.2. The molecule has 1 aromatic carbocycles. The van der Waals surface area contributed by atoms with E-state index in [9.17, 15) is 8.42 Å². The Morgan fingerprint density at radius 2 is 1.89 bits per heavy atom. The number of hydrogen-bond acceptors (Lipinski definition) is 3. The normalized spacial score (nSPS) is 12.7.